The second-order valence-electron chi connectivity index (χ2n) is 4.38. The molecule has 0 aliphatic rings. The molecule has 1 atom stereocenters. The molecule has 0 aliphatic carbocycles. The smallest absolute Gasteiger partial charge is 0.140 e. The third-order valence-corrected chi connectivity index (χ3v) is 4.21. The highest BCUT2D eigenvalue weighted by Crippen LogP contribution is 2.31. The van der Waals surface area contributed by atoms with Crippen molar-refractivity contribution < 1.29 is 0 Å². The van der Waals surface area contributed by atoms with Gasteiger partial charge in [0.05, 0.1) is 12.1 Å². The van der Waals surface area contributed by atoms with Gasteiger partial charge in [-0.2, -0.15) is 10.5 Å². The Morgan fingerprint density at radius 3 is 1.95 bits per heavy atom. The molecule has 0 saturated heterocycles. The van der Waals surface area contributed by atoms with Gasteiger partial charge in [-0.15, -0.1) is 11.8 Å². The molecule has 0 bridgehead atoms. The van der Waals surface area contributed by atoms with Gasteiger partial charge in [0.15, 0.2) is 0 Å². The third kappa shape index (κ3) is 3.63. The zero-order chi connectivity index (χ0) is 14.2. The normalized spacial score (nSPS) is 11.6. The van der Waals surface area contributed by atoms with Crippen LogP contribution in [0.1, 0.15) is 11.5 Å². The maximum absolute atomic E-state index is 9.17. The van der Waals surface area contributed by atoms with Crippen LogP contribution in [0.3, 0.4) is 0 Å². The van der Waals surface area contributed by atoms with E-state index in [1.165, 1.54) is 0 Å². The van der Waals surface area contributed by atoms with Gasteiger partial charge >= 0.3 is 0 Å². The van der Waals surface area contributed by atoms with Gasteiger partial charge in [0.2, 0.25) is 0 Å². The van der Waals surface area contributed by atoms with E-state index in [1.807, 2.05) is 60.7 Å². The predicted octanol–water partition coefficient (Wildman–Crippen LogP) is 4.23. The van der Waals surface area contributed by atoms with Crippen molar-refractivity contribution in [3.63, 3.8) is 0 Å². The van der Waals surface area contributed by atoms with Crippen molar-refractivity contribution in [1.82, 2.24) is 0 Å². The number of benzene rings is 2. The van der Waals surface area contributed by atoms with Crippen molar-refractivity contribution in [2.75, 3.05) is 5.75 Å². The molecule has 1 unspecified atom stereocenters. The van der Waals surface area contributed by atoms with Gasteiger partial charge in [0.1, 0.15) is 5.92 Å². The van der Waals surface area contributed by atoms with Crippen molar-refractivity contribution in [3.05, 3.63) is 66.2 Å². The van der Waals surface area contributed by atoms with Crippen molar-refractivity contribution in [2.45, 2.75) is 10.8 Å². The van der Waals surface area contributed by atoms with Gasteiger partial charge in [-0.1, -0.05) is 48.5 Å². The van der Waals surface area contributed by atoms with Gasteiger partial charge < -0.3 is 0 Å². The minimum absolute atomic E-state index is 0.0728. The molecular formula is C17H14N2S. The van der Waals surface area contributed by atoms with Crippen LogP contribution < -0.4 is 0 Å². The molecule has 2 aromatic rings. The fourth-order valence-electron chi connectivity index (χ4n) is 2.00. The molecule has 3 heteroatoms. The van der Waals surface area contributed by atoms with Crippen LogP contribution in [0, 0.1) is 28.6 Å². The summed E-state index contributed by atoms with van der Waals surface area (Å²) in [6.45, 7) is 0. The van der Waals surface area contributed by atoms with Crippen LogP contribution in [0.15, 0.2) is 65.6 Å². The molecule has 0 amide bonds. The average Bonchev–Trinajstić information content (AvgIpc) is 2.53. The molecule has 20 heavy (non-hydrogen) atoms. The second-order valence-corrected chi connectivity index (χ2v) is 5.47. The van der Waals surface area contributed by atoms with E-state index >= 15 is 0 Å². The molecule has 0 spiro atoms. The Labute approximate surface area is 123 Å². The minimum Gasteiger partial charge on any atom is -0.197 e. The third-order valence-electron chi connectivity index (χ3n) is 3.08. The topological polar surface area (TPSA) is 47.6 Å². The maximum Gasteiger partial charge on any atom is 0.140 e. The lowest BCUT2D eigenvalue weighted by atomic mass is 9.89. The van der Waals surface area contributed by atoms with E-state index in [0.29, 0.717) is 0 Å². The highest BCUT2D eigenvalue weighted by atomic mass is 32.2. The van der Waals surface area contributed by atoms with Crippen LogP contribution >= 0.6 is 11.8 Å². The summed E-state index contributed by atoms with van der Waals surface area (Å²) in [4.78, 5) is 1.16. The Balaban J connectivity index is 2.16. The average molecular weight is 278 g/mol. The van der Waals surface area contributed by atoms with E-state index in [9.17, 15) is 10.5 Å². The molecule has 0 saturated carbocycles. The van der Waals surface area contributed by atoms with Crippen molar-refractivity contribution in [1.29, 1.82) is 10.5 Å². The molecule has 0 N–H and O–H groups in total. The van der Waals surface area contributed by atoms with E-state index in [1.54, 1.807) is 11.8 Å². The zero-order valence-electron chi connectivity index (χ0n) is 10.9. The molecule has 2 aromatic carbocycles. The molecule has 0 fully saturated rings. The van der Waals surface area contributed by atoms with Gasteiger partial charge in [0, 0.05) is 16.6 Å². The monoisotopic (exact) mass is 278 g/mol. The van der Waals surface area contributed by atoms with Crippen molar-refractivity contribution in [2.24, 2.45) is 5.92 Å². The Kier molecular flexibility index (Phi) is 5.24. The number of rotatable bonds is 5. The fraction of sp³-hybridized carbons (Fsp3) is 0.176. The van der Waals surface area contributed by atoms with Crippen LogP contribution in [-0.4, -0.2) is 5.75 Å². The van der Waals surface area contributed by atoms with E-state index in [2.05, 4.69) is 12.1 Å². The lowest BCUT2D eigenvalue weighted by Gasteiger charge is -2.17. The van der Waals surface area contributed by atoms with E-state index in [-0.39, 0.29) is 5.92 Å². The molecule has 98 valence electrons. The summed E-state index contributed by atoms with van der Waals surface area (Å²) in [5.74, 6) is 0.0322. The SMILES string of the molecule is N#CC(C#N)C(CSc1ccccc1)c1ccccc1. The summed E-state index contributed by atoms with van der Waals surface area (Å²) in [5, 5.41) is 18.3. The molecule has 0 aliphatic heterocycles. The molecule has 0 radical (unpaired) electrons. The summed E-state index contributed by atoms with van der Waals surface area (Å²) in [6, 6.07) is 24.1. The number of nitriles is 2. The highest BCUT2D eigenvalue weighted by molar-refractivity contribution is 7.99. The first kappa shape index (κ1) is 14.2. The van der Waals surface area contributed by atoms with E-state index in [4.69, 9.17) is 0 Å². The number of hydrogen-bond donors (Lipinski definition) is 0. The molecule has 0 aromatic heterocycles. The lowest BCUT2D eigenvalue weighted by molar-refractivity contribution is 0.679. The minimum atomic E-state index is -0.617. The summed E-state index contributed by atoms with van der Waals surface area (Å²) in [5.41, 5.74) is 1.05. The molecule has 0 heterocycles. The van der Waals surface area contributed by atoms with Crippen LogP contribution in [0.25, 0.3) is 0 Å². The zero-order valence-corrected chi connectivity index (χ0v) is 11.8. The van der Waals surface area contributed by atoms with Crippen molar-refractivity contribution in [3.8, 4) is 12.1 Å². The lowest BCUT2D eigenvalue weighted by Crippen LogP contribution is -2.12. The molecule has 2 rings (SSSR count). The van der Waals surface area contributed by atoms with E-state index in [0.717, 1.165) is 16.2 Å². The first-order valence-electron chi connectivity index (χ1n) is 6.37. The van der Waals surface area contributed by atoms with Gasteiger partial charge in [0.25, 0.3) is 0 Å². The summed E-state index contributed by atoms with van der Waals surface area (Å²) >= 11 is 1.68. The van der Waals surface area contributed by atoms with Crippen LogP contribution in [0.4, 0.5) is 0 Å². The van der Waals surface area contributed by atoms with Crippen LogP contribution in [0.5, 0.6) is 0 Å². The summed E-state index contributed by atoms with van der Waals surface area (Å²) in [6.07, 6.45) is 0. The Hall–Kier alpha value is -2.23. The van der Waals surface area contributed by atoms with Gasteiger partial charge in [-0.05, 0) is 17.7 Å². The Morgan fingerprint density at radius 1 is 0.850 bits per heavy atom. The van der Waals surface area contributed by atoms with Crippen LogP contribution in [0.2, 0.25) is 0 Å². The number of thioether (sulfide) groups is 1. The largest absolute Gasteiger partial charge is 0.197 e. The number of nitrogens with zero attached hydrogens (tertiary/aromatic N) is 2. The predicted molar refractivity (Wildman–Crippen MR) is 81.1 cm³/mol. The standard InChI is InChI=1S/C17H14N2S/c18-11-15(12-19)17(14-7-3-1-4-8-14)13-20-16-9-5-2-6-10-16/h1-10,15,17H,13H2. The van der Waals surface area contributed by atoms with Crippen molar-refractivity contribution >= 4 is 11.8 Å². The van der Waals surface area contributed by atoms with Gasteiger partial charge in [-0.3, -0.25) is 0 Å². The molecule has 2 nitrogen and oxygen atoms in total. The summed E-state index contributed by atoms with van der Waals surface area (Å²) < 4.78 is 0. The van der Waals surface area contributed by atoms with Crippen LogP contribution in [-0.2, 0) is 0 Å². The number of hydrogen-bond acceptors (Lipinski definition) is 3. The Bertz CT molecular complexity index is 597. The fourth-order valence-corrected chi connectivity index (χ4v) is 3.10. The second kappa shape index (κ2) is 7.38. The summed E-state index contributed by atoms with van der Waals surface area (Å²) in [7, 11) is 0. The quantitative estimate of drug-likeness (QED) is 0.769. The van der Waals surface area contributed by atoms with Gasteiger partial charge in [-0.25, -0.2) is 0 Å². The Morgan fingerprint density at radius 2 is 1.40 bits per heavy atom. The molecular weight excluding hydrogens is 264 g/mol. The van der Waals surface area contributed by atoms with E-state index < -0.39 is 5.92 Å². The first-order valence-corrected chi connectivity index (χ1v) is 7.35. The highest BCUT2D eigenvalue weighted by Gasteiger charge is 2.23. The maximum atomic E-state index is 9.17. The first-order chi connectivity index (χ1) is 9.85.